The van der Waals surface area contributed by atoms with E-state index >= 15 is 0 Å². The number of para-hydroxylation sites is 4. The molecule has 4 saturated heterocycles. The number of benzene rings is 9. The lowest BCUT2D eigenvalue weighted by atomic mass is 10.0. The predicted molar refractivity (Wildman–Crippen MR) is 516 cm³/mol. The SMILES string of the molecule is CC1Cc2cc(-c3nn(-c4ccccc4)cc3/C=C3\SC(=S)N(C)C3=O)ccc2O1.CN1C(=O)/C(=C/c2cn(-c3ccccc3)nc2-c2ccc(Cl)cc2)SC1=S.COc1ccc(-c2nn(-c3ccccc3)cc2/C=C2\SC(=S)N(C)C2=O)cc1.Cc1ccc(COc2ccc(-c3nn(-c4ccccc4)cc3/C=C3\SC(=S)N(CCS(=O)(=O)O)C3=O)cc2)cc1. The van der Waals surface area contributed by atoms with Crippen LogP contribution in [-0.2, 0) is 42.3 Å². The molecule has 1 unspecified atom stereocenters. The minimum Gasteiger partial charge on any atom is -0.497 e. The van der Waals surface area contributed by atoms with Crippen LogP contribution < -0.4 is 14.2 Å². The first-order chi connectivity index (χ1) is 60.2. The summed E-state index contributed by atoms with van der Waals surface area (Å²) in [5.41, 5.74) is 17.1. The molecule has 1 atom stereocenters. The van der Waals surface area contributed by atoms with Gasteiger partial charge in [0.25, 0.3) is 33.7 Å². The highest BCUT2D eigenvalue weighted by atomic mass is 35.5. The summed E-state index contributed by atoms with van der Waals surface area (Å²) in [5.74, 6) is 1.14. The van der Waals surface area contributed by atoms with E-state index in [-0.39, 0.29) is 34.7 Å². The van der Waals surface area contributed by atoms with E-state index in [1.165, 1.54) is 66.0 Å². The van der Waals surface area contributed by atoms with Crippen molar-refractivity contribution in [1.29, 1.82) is 0 Å². The minimum atomic E-state index is -4.24. The van der Waals surface area contributed by atoms with E-state index in [0.717, 1.165) is 114 Å². The first-order valence-electron chi connectivity index (χ1n) is 38.7. The fourth-order valence-corrected chi connectivity index (χ4v) is 18.7. The summed E-state index contributed by atoms with van der Waals surface area (Å²) in [6.45, 7) is 4.35. The molecule has 32 heteroatoms. The predicted octanol–water partition coefficient (Wildman–Crippen LogP) is 19.6. The van der Waals surface area contributed by atoms with Gasteiger partial charge in [-0.1, -0.05) is 222 Å². The molecule has 125 heavy (non-hydrogen) atoms. The normalized spacial score (nSPS) is 16.3. The van der Waals surface area contributed by atoms with Crippen LogP contribution in [0.25, 0.3) is 92.1 Å². The molecule has 9 heterocycles. The number of aryl methyl sites for hydroxylation is 1. The topological polar surface area (TPSA) is 235 Å². The molecule has 18 rings (SSSR count). The maximum atomic E-state index is 13.0. The Balaban J connectivity index is 0.000000130. The molecular weight excluding hydrogens is 1770 g/mol. The number of amides is 4. The quantitative estimate of drug-likeness (QED) is 0.0450. The van der Waals surface area contributed by atoms with Crippen molar-refractivity contribution in [2.75, 3.05) is 40.6 Å². The van der Waals surface area contributed by atoms with Crippen LogP contribution in [0, 0.1) is 6.92 Å². The first-order valence-corrected chi connectivity index (χ1v) is 45.6. The zero-order valence-corrected chi connectivity index (χ0v) is 75.7. The van der Waals surface area contributed by atoms with E-state index in [1.807, 2.05) is 282 Å². The Hall–Kier alpha value is -12.0. The Kier molecular flexibility index (Phi) is 27.5. The van der Waals surface area contributed by atoms with Gasteiger partial charge in [-0.15, -0.1) is 0 Å². The molecule has 4 amide bonds. The average Bonchev–Trinajstić information content (AvgIpc) is 1.64. The van der Waals surface area contributed by atoms with Gasteiger partial charge in [0.1, 0.15) is 52.9 Å². The molecule has 5 aliphatic rings. The Labute approximate surface area is 765 Å². The van der Waals surface area contributed by atoms with Crippen molar-refractivity contribution in [3.63, 3.8) is 0 Å². The molecule has 1 N–H and O–H groups in total. The van der Waals surface area contributed by atoms with E-state index in [9.17, 15) is 27.6 Å². The molecule has 9 aromatic carbocycles. The molecule has 0 aliphatic carbocycles. The Morgan fingerprint density at radius 2 is 0.808 bits per heavy atom. The lowest BCUT2D eigenvalue weighted by Gasteiger charge is -2.12. The Morgan fingerprint density at radius 3 is 1.17 bits per heavy atom. The number of fused-ring (bicyclic) bond motifs is 1. The number of rotatable bonds is 19. The Morgan fingerprint density at radius 1 is 0.464 bits per heavy atom. The van der Waals surface area contributed by atoms with Crippen LogP contribution in [0.3, 0.4) is 0 Å². The second-order valence-corrected chi connectivity index (χ2v) is 37.4. The van der Waals surface area contributed by atoms with Gasteiger partial charge in [-0.25, -0.2) is 18.7 Å². The summed E-state index contributed by atoms with van der Waals surface area (Å²) in [6.07, 6.45) is 16.0. The Bertz CT molecular complexity index is 6590. The fraction of sp³-hybridized carbons (Fsp3) is 0.118. The number of likely N-dealkylation sites (N-methyl/N-ethyl adjacent to an activating group) is 3. The number of thiocarbonyl (C=S) groups is 4. The van der Waals surface area contributed by atoms with E-state index in [4.69, 9.17) is 99.6 Å². The molecule has 0 spiro atoms. The van der Waals surface area contributed by atoms with Crippen molar-refractivity contribution in [2.45, 2.75) is 33.0 Å². The maximum Gasteiger partial charge on any atom is 0.266 e. The summed E-state index contributed by atoms with van der Waals surface area (Å²) < 4.78 is 57.6. The smallest absolute Gasteiger partial charge is 0.266 e. The number of aromatic nitrogens is 8. The van der Waals surface area contributed by atoms with Crippen LogP contribution in [0.5, 0.6) is 17.2 Å². The first kappa shape index (κ1) is 87.9. The van der Waals surface area contributed by atoms with Gasteiger partial charge < -0.3 is 14.2 Å². The highest BCUT2D eigenvalue weighted by Crippen LogP contribution is 2.41. The number of halogens is 1. The molecular formula is C93H75ClN12O10S9. The summed E-state index contributed by atoms with van der Waals surface area (Å²) in [6, 6.07) is 76.4. The second kappa shape index (κ2) is 39.1. The van der Waals surface area contributed by atoms with Gasteiger partial charge in [0.2, 0.25) is 0 Å². The molecule has 5 aliphatic heterocycles. The summed E-state index contributed by atoms with van der Waals surface area (Å²) >= 11 is 32.1. The molecule has 13 aromatic rings. The van der Waals surface area contributed by atoms with Crippen LogP contribution >= 0.6 is 108 Å². The van der Waals surface area contributed by atoms with Gasteiger partial charge in [0.05, 0.1) is 72.3 Å². The zero-order valence-electron chi connectivity index (χ0n) is 67.6. The van der Waals surface area contributed by atoms with Gasteiger partial charge in [-0.2, -0.15) is 28.8 Å². The van der Waals surface area contributed by atoms with Crippen LogP contribution in [0.2, 0.25) is 5.02 Å². The third kappa shape index (κ3) is 21.0. The van der Waals surface area contributed by atoms with Crippen molar-refractivity contribution >= 4 is 183 Å². The van der Waals surface area contributed by atoms with Crippen LogP contribution in [0.1, 0.15) is 45.9 Å². The molecule has 22 nitrogen and oxygen atoms in total. The highest BCUT2D eigenvalue weighted by Gasteiger charge is 2.35. The van der Waals surface area contributed by atoms with Crippen molar-refractivity contribution in [3.8, 4) is 85.0 Å². The molecule has 0 saturated carbocycles. The van der Waals surface area contributed by atoms with E-state index in [0.29, 0.717) is 61.2 Å². The van der Waals surface area contributed by atoms with Gasteiger partial charge in [-0.3, -0.25) is 43.3 Å². The highest BCUT2D eigenvalue weighted by molar-refractivity contribution is 8.28. The third-order valence-electron chi connectivity index (χ3n) is 19.9. The van der Waals surface area contributed by atoms with E-state index < -0.39 is 21.8 Å². The van der Waals surface area contributed by atoms with Crippen LogP contribution in [0.4, 0.5) is 0 Å². The standard InChI is InChI=1S/C29H25N3O5S3.C23H19N3O2S2.C21H17N3O2S2.C20H14ClN3OS2/c1-20-7-9-21(10-8-20)19-37-25-13-11-22(12-14-25)27-23(18-32(30-27)24-5-3-2-4-6-24)17-26-28(33)31(29(38)39-26)15-16-40(34,35)36;1-14-10-16-11-15(8-9-19(16)28-14)21-17(12-20-22(27)25(2)23(29)30-20)13-26(24-21)18-6-4-3-5-7-18;1-23-20(25)18(28-21(23)27)12-15-13-24(16-6-4-3-5-7-16)22-19(15)14-8-10-17(26-2)11-9-14;1-23-19(25)17(27-20(23)26)11-14-12-24(16-5-3-2-4-6-16)22-18(14)13-7-9-15(21)10-8-13/h2-14,17-18H,15-16,19H2,1H3,(H,34,35,36);3-9,11-14H,10H2,1-2H3;3-13H,1-2H3;2-12H,1H3/b26-17-;20-12-;18-12-;17-11-. The second-order valence-electron chi connectivity index (χ2n) is 28.7. The molecule has 628 valence electrons. The number of ether oxygens (including phenoxy) is 3. The van der Waals surface area contributed by atoms with Crippen LogP contribution in [-0.4, -0.2) is 159 Å². The summed E-state index contributed by atoms with van der Waals surface area (Å²) in [5, 5.41) is 19.9. The fourth-order valence-electron chi connectivity index (χ4n) is 13.3. The number of carbonyl (C=O) groups excluding carboxylic acids is 4. The van der Waals surface area contributed by atoms with E-state index in [2.05, 4.69) is 25.1 Å². The lowest BCUT2D eigenvalue weighted by molar-refractivity contribution is -0.122. The van der Waals surface area contributed by atoms with Crippen LogP contribution in [0.15, 0.2) is 281 Å². The van der Waals surface area contributed by atoms with Crippen molar-refractivity contribution in [3.05, 3.63) is 325 Å². The average molecular weight is 1840 g/mol. The van der Waals surface area contributed by atoms with Crippen molar-refractivity contribution in [2.24, 2.45) is 0 Å². The molecule has 4 aromatic heterocycles. The third-order valence-corrected chi connectivity index (χ3v) is 26.7. The molecule has 0 radical (unpaired) electrons. The number of hydrogen-bond donors (Lipinski definition) is 1. The monoisotopic (exact) mass is 1840 g/mol. The number of thioether (sulfide) groups is 4. The lowest BCUT2D eigenvalue weighted by Crippen LogP contribution is -2.32. The number of carbonyl (C=O) groups is 4. The van der Waals surface area contributed by atoms with Gasteiger partial charge in [-0.05, 0) is 177 Å². The minimum absolute atomic E-state index is 0.0837. The zero-order chi connectivity index (χ0) is 87.7. The maximum absolute atomic E-state index is 13.0. The van der Waals surface area contributed by atoms with E-state index in [1.54, 1.807) is 39.0 Å². The molecule has 4 fully saturated rings. The van der Waals surface area contributed by atoms with Gasteiger partial charge in [0, 0.05) is 108 Å². The van der Waals surface area contributed by atoms with Crippen molar-refractivity contribution in [1.82, 2.24) is 58.7 Å². The molecule has 0 bridgehead atoms. The number of hydrogen-bond acceptors (Lipinski definition) is 21. The summed E-state index contributed by atoms with van der Waals surface area (Å²) in [7, 11) is 2.48. The van der Waals surface area contributed by atoms with Crippen molar-refractivity contribution < 1.29 is 46.4 Å². The van der Waals surface area contributed by atoms with Gasteiger partial charge >= 0.3 is 0 Å². The largest absolute Gasteiger partial charge is 0.497 e. The number of nitrogens with zero attached hydrogens (tertiary/aromatic N) is 12. The summed E-state index contributed by atoms with van der Waals surface area (Å²) in [4.78, 5) is 58.2. The number of methoxy groups -OCH3 is 1. The van der Waals surface area contributed by atoms with Gasteiger partial charge in [0.15, 0.2) is 0 Å².